The highest BCUT2D eigenvalue weighted by atomic mass is 35.5. The maximum atomic E-state index is 13.3. The Hall–Kier alpha value is -1.28. The van der Waals surface area contributed by atoms with E-state index in [1.54, 1.807) is 31.3 Å². The normalized spacial score (nSPS) is 30.0. The fourth-order valence-corrected chi connectivity index (χ4v) is 3.20. The molecule has 0 spiro atoms. The van der Waals surface area contributed by atoms with Crippen molar-refractivity contribution in [3.05, 3.63) is 34.9 Å². The number of benzene rings is 1. The van der Waals surface area contributed by atoms with E-state index in [1.807, 2.05) is 0 Å². The van der Waals surface area contributed by atoms with Gasteiger partial charge in [-0.3, -0.25) is 14.9 Å². The maximum Gasteiger partial charge on any atom is 0.250 e. The summed E-state index contributed by atoms with van der Waals surface area (Å²) < 4.78 is 26.6. The summed E-state index contributed by atoms with van der Waals surface area (Å²) >= 11 is 5.85. The molecule has 120 valence electrons. The second-order valence-electron chi connectivity index (χ2n) is 5.88. The lowest BCUT2D eigenvalue weighted by molar-refractivity contribution is -0.241. The monoisotopic (exact) mass is 331 g/mol. The first kappa shape index (κ1) is 15.6. The summed E-state index contributed by atoms with van der Waals surface area (Å²) in [7, 11) is 1.66. The highest BCUT2D eigenvalue weighted by Gasteiger charge is 2.66. The van der Waals surface area contributed by atoms with Crippen LogP contribution in [-0.2, 0) is 9.63 Å². The van der Waals surface area contributed by atoms with Gasteiger partial charge in [-0.2, -0.15) is 5.06 Å². The van der Waals surface area contributed by atoms with Gasteiger partial charge in [0.2, 0.25) is 5.91 Å². The minimum absolute atomic E-state index is 0.368. The topological polar surface area (TPSA) is 67.6 Å². The molecule has 1 amide bonds. The molecule has 3 N–H and O–H groups in total. The Labute approximate surface area is 131 Å². The van der Waals surface area contributed by atoms with Crippen LogP contribution in [0.1, 0.15) is 24.6 Å². The SMILES string of the molecule is CN1OC(C2(C(N)=O)CC(F)(F)C2)NC1c1ccc(Cl)cc1. The van der Waals surface area contributed by atoms with Gasteiger partial charge in [0.15, 0.2) is 0 Å². The van der Waals surface area contributed by atoms with Crippen LogP contribution in [0.4, 0.5) is 8.78 Å². The summed E-state index contributed by atoms with van der Waals surface area (Å²) in [6.45, 7) is 0. The molecule has 1 saturated heterocycles. The highest BCUT2D eigenvalue weighted by molar-refractivity contribution is 6.30. The molecule has 1 aliphatic heterocycles. The molecule has 1 aromatic carbocycles. The van der Waals surface area contributed by atoms with Crippen molar-refractivity contribution in [3.8, 4) is 0 Å². The van der Waals surface area contributed by atoms with E-state index < -0.39 is 36.3 Å². The molecule has 0 radical (unpaired) electrons. The molecule has 1 heterocycles. The van der Waals surface area contributed by atoms with Crippen molar-refractivity contribution in [1.29, 1.82) is 0 Å². The van der Waals surface area contributed by atoms with Crippen molar-refractivity contribution in [2.75, 3.05) is 7.05 Å². The molecule has 3 rings (SSSR count). The van der Waals surface area contributed by atoms with Crippen LogP contribution in [-0.4, -0.2) is 30.2 Å². The predicted molar refractivity (Wildman–Crippen MR) is 75.8 cm³/mol. The molecule has 22 heavy (non-hydrogen) atoms. The van der Waals surface area contributed by atoms with Gasteiger partial charge in [-0.25, -0.2) is 8.78 Å². The number of primary amides is 1. The predicted octanol–water partition coefficient (Wildman–Crippen LogP) is 2.03. The minimum Gasteiger partial charge on any atom is -0.369 e. The van der Waals surface area contributed by atoms with E-state index in [1.165, 1.54) is 5.06 Å². The average molecular weight is 332 g/mol. The Balaban J connectivity index is 1.80. The van der Waals surface area contributed by atoms with Gasteiger partial charge >= 0.3 is 0 Å². The first-order valence-corrected chi connectivity index (χ1v) is 7.20. The van der Waals surface area contributed by atoms with Crippen molar-refractivity contribution in [1.82, 2.24) is 10.4 Å². The molecular formula is C14H16ClF2N3O2. The van der Waals surface area contributed by atoms with Crippen LogP contribution in [0, 0.1) is 5.41 Å². The second-order valence-corrected chi connectivity index (χ2v) is 6.32. The number of hydroxylamine groups is 2. The van der Waals surface area contributed by atoms with E-state index in [9.17, 15) is 13.6 Å². The van der Waals surface area contributed by atoms with E-state index in [0.29, 0.717) is 5.02 Å². The Morgan fingerprint density at radius 1 is 1.41 bits per heavy atom. The smallest absolute Gasteiger partial charge is 0.250 e. The van der Waals surface area contributed by atoms with Gasteiger partial charge in [-0.05, 0) is 17.7 Å². The zero-order valence-electron chi connectivity index (χ0n) is 11.9. The molecule has 0 bridgehead atoms. The lowest BCUT2D eigenvalue weighted by Gasteiger charge is -2.47. The molecule has 8 heteroatoms. The molecule has 5 nitrogen and oxygen atoms in total. The number of hydrogen-bond acceptors (Lipinski definition) is 4. The van der Waals surface area contributed by atoms with Gasteiger partial charge in [0, 0.05) is 24.9 Å². The summed E-state index contributed by atoms with van der Waals surface area (Å²) in [6.07, 6.45) is -2.45. The van der Waals surface area contributed by atoms with Crippen molar-refractivity contribution in [3.63, 3.8) is 0 Å². The molecule has 2 fully saturated rings. The van der Waals surface area contributed by atoms with Crippen LogP contribution in [0.15, 0.2) is 24.3 Å². The molecule has 2 aliphatic rings. The number of nitrogens with one attached hydrogen (secondary N) is 1. The number of carbonyl (C=O) groups is 1. The zero-order chi connectivity index (χ0) is 16.1. The van der Waals surface area contributed by atoms with Crippen LogP contribution < -0.4 is 11.1 Å². The van der Waals surface area contributed by atoms with Crippen molar-refractivity contribution in [2.24, 2.45) is 11.1 Å². The second kappa shape index (κ2) is 5.13. The van der Waals surface area contributed by atoms with E-state index in [0.717, 1.165) is 5.56 Å². The molecule has 0 aromatic heterocycles. The van der Waals surface area contributed by atoms with Crippen LogP contribution in [0.25, 0.3) is 0 Å². The van der Waals surface area contributed by atoms with Crippen LogP contribution in [0.5, 0.6) is 0 Å². The number of alkyl halides is 2. The number of hydrogen-bond donors (Lipinski definition) is 2. The summed E-state index contributed by atoms with van der Waals surface area (Å²) in [5, 5.41) is 5.15. The number of halogens is 3. The average Bonchev–Trinajstić information content (AvgIpc) is 2.78. The minimum atomic E-state index is -2.88. The number of rotatable bonds is 3. The standard InChI is InChI=1S/C14H16ClF2N3O2/c1-20-10(8-2-4-9(15)5-3-8)19-12(22-20)13(11(18)21)6-14(16,17)7-13/h2-5,10,12,19H,6-7H2,1H3,(H2,18,21). The molecule has 1 saturated carbocycles. The lowest BCUT2D eigenvalue weighted by atomic mass is 9.64. The highest BCUT2D eigenvalue weighted by Crippen LogP contribution is 2.55. The Morgan fingerprint density at radius 2 is 2.00 bits per heavy atom. The third kappa shape index (κ3) is 2.48. The van der Waals surface area contributed by atoms with Gasteiger partial charge in [0.05, 0.1) is 0 Å². The molecule has 2 atom stereocenters. The van der Waals surface area contributed by atoms with Gasteiger partial charge in [-0.1, -0.05) is 23.7 Å². The summed E-state index contributed by atoms with van der Waals surface area (Å²) in [5.74, 6) is -3.65. The third-order valence-corrected chi connectivity index (χ3v) is 4.52. The van der Waals surface area contributed by atoms with E-state index in [4.69, 9.17) is 22.2 Å². The van der Waals surface area contributed by atoms with E-state index in [2.05, 4.69) is 5.32 Å². The Bertz CT molecular complexity index is 588. The lowest BCUT2D eigenvalue weighted by Crippen LogP contribution is -2.62. The quantitative estimate of drug-likeness (QED) is 0.889. The summed E-state index contributed by atoms with van der Waals surface area (Å²) in [6, 6.07) is 7.05. The van der Waals surface area contributed by atoms with Crippen molar-refractivity contribution >= 4 is 17.5 Å². The maximum absolute atomic E-state index is 13.3. The fraction of sp³-hybridized carbons (Fsp3) is 0.500. The number of carbonyl (C=O) groups excluding carboxylic acids is 1. The van der Waals surface area contributed by atoms with Crippen LogP contribution in [0.2, 0.25) is 5.02 Å². The van der Waals surface area contributed by atoms with E-state index >= 15 is 0 Å². The van der Waals surface area contributed by atoms with Gasteiger partial charge < -0.3 is 5.73 Å². The van der Waals surface area contributed by atoms with Crippen molar-refractivity contribution in [2.45, 2.75) is 31.2 Å². The Morgan fingerprint density at radius 3 is 2.50 bits per heavy atom. The molecule has 2 unspecified atom stereocenters. The largest absolute Gasteiger partial charge is 0.369 e. The first-order valence-electron chi connectivity index (χ1n) is 6.82. The first-order chi connectivity index (χ1) is 10.2. The zero-order valence-corrected chi connectivity index (χ0v) is 12.6. The third-order valence-electron chi connectivity index (χ3n) is 4.27. The van der Waals surface area contributed by atoms with E-state index in [-0.39, 0.29) is 6.17 Å². The van der Waals surface area contributed by atoms with Crippen LogP contribution in [0.3, 0.4) is 0 Å². The molecule has 1 aromatic rings. The number of nitrogens with zero attached hydrogens (tertiary/aromatic N) is 1. The number of amides is 1. The summed E-state index contributed by atoms with van der Waals surface area (Å²) in [5.41, 5.74) is 4.81. The Kier molecular flexibility index (Phi) is 3.64. The van der Waals surface area contributed by atoms with Crippen LogP contribution >= 0.6 is 11.6 Å². The van der Waals surface area contributed by atoms with Gasteiger partial charge in [-0.15, -0.1) is 0 Å². The molecule has 1 aliphatic carbocycles. The molecular weight excluding hydrogens is 316 g/mol. The van der Waals surface area contributed by atoms with Gasteiger partial charge in [0.1, 0.15) is 17.8 Å². The van der Waals surface area contributed by atoms with Gasteiger partial charge in [0.25, 0.3) is 5.92 Å². The van der Waals surface area contributed by atoms with Crippen molar-refractivity contribution < 1.29 is 18.4 Å². The fourth-order valence-electron chi connectivity index (χ4n) is 3.08. The number of nitrogens with two attached hydrogens (primary N) is 1. The summed E-state index contributed by atoms with van der Waals surface area (Å²) in [4.78, 5) is 17.3.